The van der Waals surface area contributed by atoms with Gasteiger partial charge in [0.1, 0.15) is 17.4 Å². The number of benzene rings is 1. The van der Waals surface area contributed by atoms with Crippen molar-refractivity contribution in [1.29, 1.82) is 0 Å². The van der Waals surface area contributed by atoms with Crippen LogP contribution in [-0.2, 0) is 16.5 Å². The van der Waals surface area contributed by atoms with Crippen molar-refractivity contribution in [3.63, 3.8) is 0 Å². The lowest BCUT2D eigenvalue weighted by Crippen LogP contribution is -2.41. The molecule has 0 saturated carbocycles. The monoisotopic (exact) mass is 329 g/mol. The Labute approximate surface area is 142 Å². The second-order valence-electron chi connectivity index (χ2n) is 6.06. The Morgan fingerprint density at radius 1 is 1.29 bits per heavy atom. The quantitative estimate of drug-likeness (QED) is 0.785. The zero-order valence-electron chi connectivity index (χ0n) is 14.1. The first-order chi connectivity index (χ1) is 11.6. The fourth-order valence-electron chi connectivity index (χ4n) is 2.88. The van der Waals surface area contributed by atoms with Gasteiger partial charge in [0.2, 0.25) is 0 Å². The average Bonchev–Trinajstić information content (AvgIpc) is 2.98. The lowest BCUT2D eigenvalue weighted by Gasteiger charge is -2.28. The number of ether oxygens (including phenoxy) is 2. The summed E-state index contributed by atoms with van der Waals surface area (Å²) < 4.78 is 12.6. The number of morpholine rings is 1. The number of esters is 1. The molecule has 1 fully saturated rings. The molecule has 6 nitrogen and oxygen atoms in total. The summed E-state index contributed by atoms with van der Waals surface area (Å²) in [4.78, 5) is 14.8. The normalized spacial score (nSPS) is 16.8. The van der Waals surface area contributed by atoms with E-state index in [2.05, 4.69) is 10.00 Å². The Kier molecular flexibility index (Phi) is 5.27. The molecule has 1 aliphatic rings. The van der Waals surface area contributed by atoms with Gasteiger partial charge in [-0.15, -0.1) is 0 Å². The topological polar surface area (TPSA) is 56.6 Å². The van der Waals surface area contributed by atoms with E-state index < -0.39 is 0 Å². The predicted molar refractivity (Wildman–Crippen MR) is 90.8 cm³/mol. The summed E-state index contributed by atoms with van der Waals surface area (Å²) in [6, 6.07) is 9.68. The second kappa shape index (κ2) is 7.59. The molecular weight excluding hydrogens is 306 g/mol. The van der Waals surface area contributed by atoms with Crippen molar-refractivity contribution in [1.82, 2.24) is 14.7 Å². The summed E-state index contributed by atoms with van der Waals surface area (Å²) in [5, 5.41) is 4.41. The van der Waals surface area contributed by atoms with Crippen molar-refractivity contribution >= 4 is 5.97 Å². The molecule has 6 heteroatoms. The van der Waals surface area contributed by atoms with Crippen LogP contribution in [0.4, 0.5) is 0 Å². The summed E-state index contributed by atoms with van der Waals surface area (Å²) in [5.41, 5.74) is 2.06. The zero-order valence-corrected chi connectivity index (χ0v) is 14.1. The third-order valence-electron chi connectivity index (χ3n) is 4.02. The predicted octanol–water partition coefficient (Wildman–Crippen LogP) is 1.96. The number of nitrogens with zero attached hydrogens (tertiary/aromatic N) is 3. The van der Waals surface area contributed by atoms with Crippen molar-refractivity contribution in [2.45, 2.75) is 13.0 Å². The summed E-state index contributed by atoms with van der Waals surface area (Å²) >= 11 is 0. The van der Waals surface area contributed by atoms with E-state index in [9.17, 15) is 4.79 Å². The number of hydrogen-bond acceptors (Lipinski definition) is 5. The van der Waals surface area contributed by atoms with Gasteiger partial charge in [0.15, 0.2) is 0 Å². The molecule has 0 aliphatic carbocycles. The fraction of sp³-hybridized carbons (Fsp3) is 0.444. The minimum Gasteiger partial charge on any atom is -0.458 e. The molecule has 0 radical (unpaired) electrons. The first kappa shape index (κ1) is 16.7. The van der Waals surface area contributed by atoms with E-state index in [1.54, 1.807) is 17.9 Å². The van der Waals surface area contributed by atoms with Crippen molar-refractivity contribution in [3.8, 4) is 11.3 Å². The molecule has 0 amide bonds. The first-order valence-corrected chi connectivity index (χ1v) is 8.23. The smallest absolute Gasteiger partial charge is 0.342 e. The van der Waals surface area contributed by atoms with E-state index in [0.717, 1.165) is 38.4 Å². The van der Waals surface area contributed by atoms with Crippen molar-refractivity contribution in [2.75, 3.05) is 32.8 Å². The lowest BCUT2D eigenvalue weighted by molar-refractivity contribution is 0.000487. The first-order valence-electron chi connectivity index (χ1n) is 8.23. The van der Waals surface area contributed by atoms with Crippen LogP contribution >= 0.6 is 0 Å². The Hall–Kier alpha value is -2.18. The van der Waals surface area contributed by atoms with E-state index >= 15 is 0 Å². The SMILES string of the molecule is C[C@H](CN1CCOCC1)OC(=O)c1cn(C)nc1-c1ccccc1. The van der Waals surface area contributed by atoms with Gasteiger partial charge in [-0.3, -0.25) is 9.58 Å². The van der Waals surface area contributed by atoms with Crippen LogP contribution in [0.3, 0.4) is 0 Å². The highest BCUT2D eigenvalue weighted by atomic mass is 16.5. The number of carbonyl (C=O) groups excluding carboxylic acids is 1. The summed E-state index contributed by atoms with van der Waals surface area (Å²) in [5.74, 6) is -0.331. The van der Waals surface area contributed by atoms with Crippen molar-refractivity contribution < 1.29 is 14.3 Å². The molecular formula is C18H23N3O3. The third-order valence-corrected chi connectivity index (χ3v) is 4.02. The molecule has 1 aromatic carbocycles. The fourth-order valence-corrected chi connectivity index (χ4v) is 2.88. The number of carbonyl (C=O) groups is 1. The zero-order chi connectivity index (χ0) is 16.9. The maximum absolute atomic E-state index is 12.6. The van der Waals surface area contributed by atoms with Gasteiger partial charge >= 0.3 is 5.97 Å². The molecule has 1 saturated heterocycles. The summed E-state index contributed by atoms with van der Waals surface area (Å²) in [6.45, 7) is 5.87. The van der Waals surface area contributed by atoms with Gasteiger partial charge in [-0.25, -0.2) is 4.79 Å². The van der Waals surface area contributed by atoms with Gasteiger partial charge in [-0.2, -0.15) is 5.10 Å². The average molecular weight is 329 g/mol. The molecule has 0 unspecified atom stereocenters. The highest BCUT2D eigenvalue weighted by molar-refractivity contribution is 5.96. The highest BCUT2D eigenvalue weighted by Crippen LogP contribution is 2.22. The Bertz CT molecular complexity index is 678. The maximum Gasteiger partial charge on any atom is 0.342 e. The van der Waals surface area contributed by atoms with Gasteiger partial charge in [-0.1, -0.05) is 30.3 Å². The minimum absolute atomic E-state index is 0.181. The van der Waals surface area contributed by atoms with Crippen LogP contribution in [0.5, 0.6) is 0 Å². The van der Waals surface area contributed by atoms with Crippen LogP contribution in [0.15, 0.2) is 36.5 Å². The van der Waals surface area contributed by atoms with Crippen LogP contribution in [0.2, 0.25) is 0 Å². The van der Waals surface area contributed by atoms with Gasteiger partial charge in [0, 0.05) is 38.4 Å². The lowest BCUT2D eigenvalue weighted by atomic mass is 10.1. The van der Waals surface area contributed by atoms with E-state index in [4.69, 9.17) is 9.47 Å². The molecule has 0 spiro atoms. The molecule has 0 bridgehead atoms. The summed E-state index contributed by atoms with van der Waals surface area (Å²) in [7, 11) is 1.81. The van der Waals surface area contributed by atoms with Crippen LogP contribution < -0.4 is 0 Å². The van der Waals surface area contributed by atoms with Crippen LogP contribution in [0, 0.1) is 0 Å². The molecule has 1 atom stereocenters. The Balaban J connectivity index is 1.68. The van der Waals surface area contributed by atoms with E-state index in [-0.39, 0.29) is 12.1 Å². The van der Waals surface area contributed by atoms with Crippen LogP contribution in [0.1, 0.15) is 17.3 Å². The number of rotatable bonds is 5. The maximum atomic E-state index is 12.6. The highest BCUT2D eigenvalue weighted by Gasteiger charge is 2.22. The molecule has 2 aromatic rings. The van der Waals surface area contributed by atoms with E-state index in [1.807, 2.05) is 37.3 Å². The van der Waals surface area contributed by atoms with Crippen molar-refractivity contribution in [3.05, 3.63) is 42.1 Å². The molecule has 128 valence electrons. The molecule has 24 heavy (non-hydrogen) atoms. The molecule has 1 aromatic heterocycles. The Morgan fingerprint density at radius 2 is 2.00 bits per heavy atom. The summed E-state index contributed by atoms with van der Waals surface area (Å²) in [6.07, 6.45) is 1.53. The van der Waals surface area contributed by atoms with Gasteiger partial charge in [0.05, 0.1) is 13.2 Å². The number of hydrogen-bond donors (Lipinski definition) is 0. The molecule has 2 heterocycles. The largest absolute Gasteiger partial charge is 0.458 e. The molecule has 3 rings (SSSR count). The van der Waals surface area contributed by atoms with E-state index in [1.165, 1.54) is 0 Å². The van der Waals surface area contributed by atoms with Gasteiger partial charge in [0.25, 0.3) is 0 Å². The third kappa shape index (κ3) is 4.01. The molecule has 1 aliphatic heterocycles. The van der Waals surface area contributed by atoms with Gasteiger partial charge in [-0.05, 0) is 6.92 Å². The van der Waals surface area contributed by atoms with Gasteiger partial charge < -0.3 is 9.47 Å². The van der Waals surface area contributed by atoms with E-state index in [0.29, 0.717) is 11.3 Å². The number of aromatic nitrogens is 2. The molecule has 0 N–H and O–H groups in total. The second-order valence-corrected chi connectivity index (χ2v) is 6.06. The van der Waals surface area contributed by atoms with Crippen LogP contribution in [0.25, 0.3) is 11.3 Å². The minimum atomic E-state index is -0.331. The Morgan fingerprint density at radius 3 is 2.71 bits per heavy atom. The van der Waals surface area contributed by atoms with Crippen LogP contribution in [-0.4, -0.2) is 59.6 Å². The number of aryl methyl sites for hydroxylation is 1. The standard InChI is InChI=1S/C18H23N3O3/c1-14(12-21-8-10-23-11-9-21)24-18(22)16-13-20(2)19-17(16)15-6-4-3-5-7-15/h3-7,13-14H,8-12H2,1-2H3/t14-/m1/s1. The van der Waals surface area contributed by atoms with Crippen molar-refractivity contribution in [2.24, 2.45) is 7.05 Å².